The van der Waals surface area contributed by atoms with Gasteiger partial charge in [0.25, 0.3) is 0 Å². The van der Waals surface area contributed by atoms with E-state index >= 15 is 0 Å². The molecule has 0 saturated carbocycles. The summed E-state index contributed by atoms with van der Waals surface area (Å²) in [5.74, 6) is 0.155. The molecule has 0 radical (unpaired) electrons. The number of hydrogen-bond donors (Lipinski definition) is 1. The van der Waals surface area contributed by atoms with E-state index in [2.05, 4.69) is 10.2 Å². The second-order valence-electron chi connectivity index (χ2n) is 5.28. The number of carbonyl (C=O) groups is 1. The van der Waals surface area contributed by atoms with Crippen LogP contribution in [0.15, 0.2) is 23.0 Å². The average molecular weight is 265 g/mol. The Morgan fingerprint density at radius 3 is 2.79 bits per heavy atom. The van der Waals surface area contributed by atoms with Crippen LogP contribution in [0.3, 0.4) is 0 Å². The molecule has 1 aliphatic rings. The van der Waals surface area contributed by atoms with Gasteiger partial charge >= 0.3 is 0 Å². The first-order chi connectivity index (χ1) is 9.16. The van der Waals surface area contributed by atoms with Crippen molar-refractivity contribution in [2.75, 3.05) is 33.7 Å². The molecule has 1 aromatic heterocycles. The Kier molecular flexibility index (Phi) is 4.99. The molecule has 0 atom stereocenters. The summed E-state index contributed by atoms with van der Waals surface area (Å²) in [5, 5.41) is 3.34. The molecule has 1 aliphatic heterocycles. The molecule has 1 aromatic rings. The molecule has 1 N–H and O–H groups in total. The molecule has 5 heteroatoms. The minimum Gasteiger partial charge on any atom is -0.472 e. The van der Waals surface area contributed by atoms with Gasteiger partial charge in [-0.3, -0.25) is 9.69 Å². The number of hydrogen-bond acceptors (Lipinski definition) is 4. The SMILES string of the molecule is CN(Cc1ccoc1)C(=O)CN(C)C1CCNCC1. The highest BCUT2D eigenvalue weighted by molar-refractivity contribution is 5.78. The fraction of sp³-hybridized carbons (Fsp3) is 0.643. The van der Waals surface area contributed by atoms with Crippen molar-refractivity contribution >= 4 is 5.91 Å². The lowest BCUT2D eigenvalue weighted by Gasteiger charge is -2.32. The molecule has 19 heavy (non-hydrogen) atoms. The molecule has 0 spiro atoms. The molecule has 1 amide bonds. The van der Waals surface area contributed by atoms with Crippen molar-refractivity contribution in [2.45, 2.75) is 25.4 Å². The molecule has 0 unspecified atom stereocenters. The topological polar surface area (TPSA) is 48.7 Å². The number of piperidine rings is 1. The van der Waals surface area contributed by atoms with Crippen molar-refractivity contribution < 1.29 is 9.21 Å². The molecule has 2 heterocycles. The Labute approximate surface area is 114 Å². The maximum absolute atomic E-state index is 12.2. The van der Waals surface area contributed by atoms with Crippen LogP contribution in [0.1, 0.15) is 18.4 Å². The highest BCUT2D eigenvalue weighted by Gasteiger charge is 2.21. The predicted octanol–water partition coefficient (Wildman–Crippen LogP) is 0.922. The van der Waals surface area contributed by atoms with E-state index in [9.17, 15) is 4.79 Å². The van der Waals surface area contributed by atoms with Crippen LogP contribution in [0.4, 0.5) is 0 Å². The summed E-state index contributed by atoms with van der Waals surface area (Å²) in [6.07, 6.45) is 5.56. The highest BCUT2D eigenvalue weighted by Crippen LogP contribution is 2.10. The van der Waals surface area contributed by atoms with E-state index in [4.69, 9.17) is 4.42 Å². The van der Waals surface area contributed by atoms with Crippen molar-refractivity contribution in [3.63, 3.8) is 0 Å². The van der Waals surface area contributed by atoms with E-state index in [-0.39, 0.29) is 5.91 Å². The first kappa shape index (κ1) is 14.1. The van der Waals surface area contributed by atoms with Crippen molar-refractivity contribution in [3.05, 3.63) is 24.2 Å². The third kappa shape index (κ3) is 4.08. The highest BCUT2D eigenvalue weighted by atomic mass is 16.3. The van der Waals surface area contributed by atoms with Crippen molar-refractivity contribution in [2.24, 2.45) is 0 Å². The third-order valence-corrected chi connectivity index (χ3v) is 3.74. The molecular weight excluding hydrogens is 242 g/mol. The lowest BCUT2D eigenvalue weighted by Crippen LogP contribution is -2.45. The summed E-state index contributed by atoms with van der Waals surface area (Å²) in [6.45, 7) is 3.19. The van der Waals surface area contributed by atoms with Crippen LogP contribution < -0.4 is 5.32 Å². The number of furan rings is 1. The van der Waals surface area contributed by atoms with Gasteiger partial charge in [0.1, 0.15) is 0 Å². The number of nitrogens with one attached hydrogen (secondary N) is 1. The quantitative estimate of drug-likeness (QED) is 0.860. The smallest absolute Gasteiger partial charge is 0.236 e. The zero-order valence-electron chi connectivity index (χ0n) is 11.8. The number of carbonyl (C=O) groups excluding carboxylic acids is 1. The monoisotopic (exact) mass is 265 g/mol. The minimum atomic E-state index is 0.155. The molecule has 1 saturated heterocycles. The lowest BCUT2D eigenvalue weighted by atomic mass is 10.1. The summed E-state index contributed by atoms with van der Waals surface area (Å²) < 4.78 is 5.02. The van der Waals surface area contributed by atoms with Gasteiger partial charge < -0.3 is 14.6 Å². The summed E-state index contributed by atoms with van der Waals surface area (Å²) in [5.41, 5.74) is 1.03. The summed E-state index contributed by atoms with van der Waals surface area (Å²) in [6, 6.07) is 2.41. The average Bonchev–Trinajstić information content (AvgIpc) is 2.92. The summed E-state index contributed by atoms with van der Waals surface area (Å²) in [4.78, 5) is 16.1. The Balaban J connectivity index is 1.79. The Morgan fingerprint density at radius 1 is 1.42 bits per heavy atom. The van der Waals surface area contributed by atoms with E-state index in [1.165, 1.54) is 0 Å². The van der Waals surface area contributed by atoms with Gasteiger partial charge in [0.15, 0.2) is 0 Å². The fourth-order valence-electron chi connectivity index (χ4n) is 2.46. The van der Waals surface area contributed by atoms with Gasteiger partial charge in [0.2, 0.25) is 5.91 Å². The van der Waals surface area contributed by atoms with Crippen LogP contribution >= 0.6 is 0 Å². The Bertz CT molecular complexity index is 385. The Morgan fingerprint density at radius 2 is 2.16 bits per heavy atom. The maximum Gasteiger partial charge on any atom is 0.236 e. The van der Waals surface area contributed by atoms with E-state index in [0.29, 0.717) is 19.1 Å². The van der Waals surface area contributed by atoms with Gasteiger partial charge in [-0.15, -0.1) is 0 Å². The predicted molar refractivity (Wildman–Crippen MR) is 73.7 cm³/mol. The summed E-state index contributed by atoms with van der Waals surface area (Å²) >= 11 is 0. The molecule has 5 nitrogen and oxygen atoms in total. The second-order valence-corrected chi connectivity index (χ2v) is 5.28. The number of rotatable bonds is 5. The van der Waals surface area contributed by atoms with Crippen molar-refractivity contribution in [1.29, 1.82) is 0 Å². The van der Waals surface area contributed by atoms with E-state index in [1.807, 2.05) is 20.2 Å². The molecule has 2 rings (SSSR count). The van der Waals surface area contributed by atoms with Gasteiger partial charge in [-0.25, -0.2) is 0 Å². The fourth-order valence-corrected chi connectivity index (χ4v) is 2.46. The Hall–Kier alpha value is -1.33. The normalized spacial score (nSPS) is 16.8. The van der Waals surface area contributed by atoms with Crippen molar-refractivity contribution in [3.8, 4) is 0 Å². The maximum atomic E-state index is 12.2. The number of amides is 1. The zero-order valence-corrected chi connectivity index (χ0v) is 11.8. The van der Waals surface area contributed by atoms with Crippen LogP contribution in [0.5, 0.6) is 0 Å². The van der Waals surface area contributed by atoms with Gasteiger partial charge in [-0.1, -0.05) is 0 Å². The van der Waals surface area contributed by atoms with Crippen LogP contribution in [-0.2, 0) is 11.3 Å². The molecule has 0 aromatic carbocycles. The molecule has 0 bridgehead atoms. The first-order valence-electron chi connectivity index (χ1n) is 6.83. The van der Waals surface area contributed by atoms with Gasteiger partial charge in [-0.2, -0.15) is 0 Å². The van der Waals surface area contributed by atoms with Gasteiger partial charge in [-0.05, 0) is 39.0 Å². The second kappa shape index (κ2) is 6.73. The van der Waals surface area contributed by atoms with Crippen LogP contribution in [-0.4, -0.2) is 55.5 Å². The molecule has 1 fully saturated rings. The van der Waals surface area contributed by atoms with E-state index in [1.54, 1.807) is 17.4 Å². The number of likely N-dealkylation sites (N-methyl/N-ethyl adjacent to an activating group) is 2. The van der Waals surface area contributed by atoms with Gasteiger partial charge in [0.05, 0.1) is 19.1 Å². The van der Waals surface area contributed by atoms with Crippen LogP contribution in [0, 0.1) is 0 Å². The molecule has 106 valence electrons. The third-order valence-electron chi connectivity index (χ3n) is 3.74. The van der Waals surface area contributed by atoms with Crippen LogP contribution in [0.25, 0.3) is 0 Å². The zero-order chi connectivity index (χ0) is 13.7. The largest absolute Gasteiger partial charge is 0.472 e. The standard InChI is InChI=1S/C14H23N3O2/c1-16(13-3-6-15-7-4-13)10-14(18)17(2)9-12-5-8-19-11-12/h5,8,11,13,15H,3-4,6-7,9-10H2,1-2H3. The lowest BCUT2D eigenvalue weighted by molar-refractivity contribution is -0.132. The van der Waals surface area contributed by atoms with E-state index < -0.39 is 0 Å². The first-order valence-corrected chi connectivity index (χ1v) is 6.83. The van der Waals surface area contributed by atoms with Gasteiger partial charge in [0, 0.05) is 25.2 Å². The number of nitrogens with zero attached hydrogens (tertiary/aromatic N) is 2. The minimum absolute atomic E-state index is 0.155. The summed E-state index contributed by atoms with van der Waals surface area (Å²) in [7, 11) is 3.88. The van der Waals surface area contributed by atoms with Crippen LogP contribution in [0.2, 0.25) is 0 Å². The van der Waals surface area contributed by atoms with E-state index in [0.717, 1.165) is 31.5 Å². The van der Waals surface area contributed by atoms with Crippen molar-refractivity contribution in [1.82, 2.24) is 15.1 Å². The molecule has 0 aliphatic carbocycles. The molecular formula is C14H23N3O2.